The van der Waals surface area contributed by atoms with Gasteiger partial charge in [-0.05, 0) is 43.7 Å². The van der Waals surface area contributed by atoms with Gasteiger partial charge in [-0.25, -0.2) is 4.98 Å². The molecule has 28 heavy (non-hydrogen) atoms. The molecule has 4 rings (SSSR count). The normalized spacial score (nSPS) is 21.9. The van der Waals surface area contributed by atoms with E-state index in [1.54, 1.807) is 24.3 Å². The molecular formula is C21H25N3O4. The summed E-state index contributed by atoms with van der Waals surface area (Å²) in [5.74, 6) is -0.150. The van der Waals surface area contributed by atoms with Crippen molar-refractivity contribution >= 4 is 22.8 Å². The van der Waals surface area contributed by atoms with E-state index >= 15 is 0 Å². The lowest BCUT2D eigenvalue weighted by molar-refractivity contribution is -0.155. The summed E-state index contributed by atoms with van der Waals surface area (Å²) in [5.41, 5.74) is 0.286. The maximum absolute atomic E-state index is 12.6. The molecule has 1 saturated heterocycles. The fraction of sp³-hybridized carbons (Fsp3) is 0.524. The Bertz CT molecular complexity index is 937. The molecule has 2 aromatic rings. The molecule has 148 valence electrons. The van der Waals surface area contributed by atoms with Crippen molar-refractivity contribution in [3.8, 4) is 0 Å². The zero-order valence-electron chi connectivity index (χ0n) is 15.9. The molecule has 0 unspecified atom stereocenters. The van der Waals surface area contributed by atoms with Crippen LogP contribution in [0.3, 0.4) is 0 Å². The third-order valence-electron chi connectivity index (χ3n) is 5.95. The van der Waals surface area contributed by atoms with Crippen LogP contribution in [0.1, 0.15) is 38.5 Å². The van der Waals surface area contributed by atoms with Crippen molar-refractivity contribution in [2.24, 2.45) is 5.92 Å². The molecule has 2 aliphatic rings. The molecule has 7 nitrogen and oxygen atoms in total. The number of ether oxygens (including phenoxy) is 1. The average Bonchev–Trinajstić information content (AvgIpc) is 2.74. The maximum Gasteiger partial charge on any atom is 0.326 e. The Kier molecular flexibility index (Phi) is 5.41. The van der Waals surface area contributed by atoms with Crippen LogP contribution in [0.2, 0.25) is 0 Å². The zero-order valence-corrected chi connectivity index (χ0v) is 15.9. The molecule has 0 radical (unpaired) electrons. The molecule has 2 atom stereocenters. The second-order valence-corrected chi connectivity index (χ2v) is 7.70. The number of aromatic nitrogens is 2. The van der Waals surface area contributed by atoms with E-state index in [-0.39, 0.29) is 24.6 Å². The van der Waals surface area contributed by atoms with Gasteiger partial charge in [-0.1, -0.05) is 25.0 Å². The van der Waals surface area contributed by atoms with Crippen molar-refractivity contribution in [3.63, 3.8) is 0 Å². The number of nitrogens with zero attached hydrogens (tertiary/aromatic N) is 3. The van der Waals surface area contributed by atoms with Crippen LogP contribution in [0.15, 0.2) is 35.4 Å². The van der Waals surface area contributed by atoms with E-state index in [1.807, 2.05) is 4.90 Å². The van der Waals surface area contributed by atoms with Gasteiger partial charge in [-0.3, -0.25) is 19.0 Å². The number of likely N-dealkylation sites (tertiary alicyclic amines) is 1. The molecule has 1 aromatic heterocycles. The summed E-state index contributed by atoms with van der Waals surface area (Å²) in [7, 11) is 0. The lowest BCUT2D eigenvalue weighted by Crippen LogP contribution is -2.51. The molecule has 1 saturated carbocycles. The highest BCUT2D eigenvalue weighted by atomic mass is 16.5. The number of carbonyl (C=O) groups excluding carboxylic acids is 2. The lowest BCUT2D eigenvalue weighted by Gasteiger charge is -2.44. The highest BCUT2D eigenvalue weighted by Crippen LogP contribution is 2.35. The molecule has 1 amide bonds. The number of piperidine rings is 1. The van der Waals surface area contributed by atoms with Crippen molar-refractivity contribution < 1.29 is 14.3 Å². The van der Waals surface area contributed by atoms with E-state index in [0.717, 1.165) is 25.8 Å². The number of hydrogen-bond donors (Lipinski definition) is 0. The Morgan fingerprint density at radius 1 is 1.11 bits per heavy atom. The van der Waals surface area contributed by atoms with Gasteiger partial charge in [0.15, 0.2) is 6.61 Å². The van der Waals surface area contributed by atoms with Gasteiger partial charge in [0.1, 0.15) is 6.54 Å². The van der Waals surface area contributed by atoms with E-state index < -0.39 is 5.97 Å². The minimum absolute atomic E-state index is 0.131. The number of esters is 1. The van der Waals surface area contributed by atoms with E-state index in [4.69, 9.17) is 4.74 Å². The first-order valence-corrected chi connectivity index (χ1v) is 10.0. The molecule has 1 aliphatic heterocycles. The summed E-state index contributed by atoms with van der Waals surface area (Å²) in [6.45, 7) is 0.222. The van der Waals surface area contributed by atoms with Crippen molar-refractivity contribution in [2.75, 3.05) is 13.2 Å². The summed E-state index contributed by atoms with van der Waals surface area (Å²) in [4.78, 5) is 43.4. The predicted molar refractivity (Wildman–Crippen MR) is 104 cm³/mol. The van der Waals surface area contributed by atoms with Gasteiger partial charge in [0, 0.05) is 12.6 Å². The molecule has 1 aromatic carbocycles. The first-order valence-electron chi connectivity index (χ1n) is 10.0. The van der Waals surface area contributed by atoms with Crippen LogP contribution in [-0.2, 0) is 20.9 Å². The summed E-state index contributed by atoms with van der Waals surface area (Å²) < 4.78 is 6.41. The molecular weight excluding hydrogens is 358 g/mol. The monoisotopic (exact) mass is 383 g/mol. The molecule has 7 heteroatoms. The van der Waals surface area contributed by atoms with Gasteiger partial charge in [0.2, 0.25) is 0 Å². The van der Waals surface area contributed by atoms with Crippen LogP contribution < -0.4 is 5.56 Å². The second kappa shape index (κ2) is 8.12. The Morgan fingerprint density at radius 3 is 2.79 bits per heavy atom. The number of fused-ring (bicyclic) bond motifs is 2. The SMILES string of the molecule is O=C(Cn1cnc2ccccc2c1=O)OCC(=O)N1CCC[C@@H]2CCCC[C@@H]21. The van der Waals surface area contributed by atoms with E-state index in [2.05, 4.69) is 4.98 Å². The van der Waals surface area contributed by atoms with Crippen LogP contribution in [0.5, 0.6) is 0 Å². The van der Waals surface area contributed by atoms with E-state index in [0.29, 0.717) is 22.9 Å². The van der Waals surface area contributed by atoms with Crippen LogP contribution in [-0.4, -0.2) is 45.5 Å². The van der Waals surface area contributed by atoms with Gasteiger partial charge in [-0.2, -0.15) is 0 Å². The lowest BCUT2D eigenvalue weighted by atomic mass is 9.78. The molecule has 0 bridgehead atoms. The van der Waals surface area contributed by atoms with Crippen LogP contribution in [0, 0.1) is 5.92 Å². The van der Waals surface area contributed by atoms with Crippen molar-refractivity contribution in [2.45, 2.75) is 51.1 Å². The van der Waals surface area contributed by atoms with Crippen LogP contribution in [0.4, 0.5) is 0 Å². The smallest absolute Gasteiger partial charge is 0.326 e. The number of carbonyl (C=O) groups is 2. The largest absolute Gasteiger partial charge is 0.454 e. The molecule has 0 spiro atoms. The third kappa shape index (κ3) is 3.79. The quantitative estimate of drug-likeness (QED) is 0.756. The zero-order chi connectivity index (χ0) is 19.5. The Hall–Kier alpha value is -2.70. The Balaban J connectivity index is 1.36. The van der Waals surface area contributed by atoms with Crippen LogP contribution in [0.25, 0.3) is 10.9 Å². The van der Waals surface area contributed by atoms with Gasteiger partial charge in [0.05, 0.1) is 17.2 Å². The Labute approximate surface area is 163 Å². The van der Waals surface area contributed by atoms with E-state index in [1.165, 1.54) is 30.2 Å². The Morgan fingerprint density at radius 2 is 1.89 bits per heavy atom. The first kappa shape index (κ1) is 18.7. The van der Waals surface area contributed by atoms with Crippen molar-refractivity contribution in [1.29, 1.82) is 0 Å². The number of hydrogen-bond acceptors (Lipinski definition) is 5. The number of benzene rings is 1. The third-order valence-corrected chi connectivity index (χ3v) is 5.95. The highest BCUT2D eigenvalue weighted by molar-refractivity contribution is 5.81. The standard InChI is InChI=1S/C21H25N3O4/c25-19(24-11-5-7-15-6-1-4-10-18(15)24)13-28-20(26)12-23-14-22-17-9-3-2-8-16(17)21(23)27/h2-3,8-9,14-15,18H,1,4-7,10-13H2/t15-,18-/m0/s1. The first-order chi connectivity index (χ1) is 13.6. The van der Waals surface area contributed by atoms with Gasteiger partial charge >= 0.3 is 5.97 Å². The molecule has 0 N–H and O–H groups in total. The average molecular weight is 383 g/mol. The second-order valence-electron chi connectivity index (χ2n) is 7.70. The van der Waals surface area contributed by atoms with Gasteiger partial charge < -0.3 is 9.64 Å². The maximum atomic E-state index is 12.6. The van der Waals surface area contributed by atoms with Crippen molar-refractivity contribution in [3.05, 3.63) is 40.9 Å². The number of para-hydroxylation sites is 1. The molecule has 2 heterocycles. The topological polar surface area (TPSA) is 81.5 Å². The van der Waals surface area contributed by atoms with Crippen LogP contribution >= 0.6 is 0 Å². The summed E-state index contributed by atoms with van der Waals surface area (Å²) >= 11 is 0. The van der Waals surface area contributed by atoms with Crippen molar-refractivity contribution in [1.82, 2.24) is 14.5 Å². The molecule has 1 aliphatic carbocycles. The summed E-state index contributed by atoms with van der Waals surface area (Å²) in [5, 5.41) is 0.450. The predicted octanol–water partition coefficient (Wildman–Crippen LogP) is 2.12. The highest BCUT2D eigenvalue weighted by Gasteiger charge is 2.35. The summed E-state index contributed by atoms with van der Waals surface area (Å²) in [6.07, 6.45) is 8.17. The van der Waals surface area contributed by atoms with Gasteiger partial charge in [0.25, 0.3) is 11.5 Å². The number of amides is 1. The fourth-order valence-corrected chi connectivity index (χ4v) is 4.56. The number of rotatable bonds is 4. The van der Waals surface area contributed by atoms with E-state index in [9.17, 15) is 14.4 Å². The fourth-order valence-electron chi connectivity index (χ4n) is 4.56. The molecule has 2 fully saturated rings. The minimum Gasteiger partial charge on any atom is -0.454 e. The minimum atomic E-state index is -0.607. The van der Waals surface area contributed by atoms with Gasteiger partial charge in [-0.15, -0.1) is 0 Å². The summed E-state index contributed by atoms with van der Waals surface area (Å²) in [6, 6.07) is 7.27.